The van der Waals surface area contributed by atoms with Crippen molar-refractivity contribution < 1.29 is 43.0 Å². The molecule has 0 saturated carbocycles. The second-order valence-corrected chi connectivity index (χ2v) is 13.4. The molecule has 51 heavy (non-hydrogen) atoms. The summed E-state index contributed by atoms with van der Waals surface area (Å²) in [6.45, 7) is 11.9. The highest BCUT2D eigenvalue weighted by atomic mass is 35.5. The van der Waals surface area contributed by atoms with E-state index in [9.17, 15) is 24.5 Å². The number of amides is 4. The van der Waals surface area contributed by atoms with E-state index < -0.39 is 40.0 Å². The lowest BCUT2D eigenvalue weighted by molar-refractivity contribution is -0.384. The summed E-state index contributed by atoms with van der Waals surface area (Å²) in [6.07, 6.45) is -1.15. The molecule has 0 bridgehead atoms. The van der Waals surface area contributed by atoms with Gasteiger partial charge in [-0.15, -0.1) is 0 Å². The van der Waals surface area contributed by atoms with Crippen LogP contribution < -0.4 is 24.2 Å². The number of hydrogen-bond donors (Lipinski definition) is 0. The predicted molar refractivity (Wildman–Crippen MR) is 191 cm³/mol. The number of halogens is 2. The third kappa shape index (κ3) is 9.86. The molecule has 0 spiro atoms. The Balaban J connectivity index is 2.23. The molecule has 4 amide bonds. The van der Waals surface area contributed by atoms with Crippen molar-refractivity contribution in [1.29, 1.82) is 0 Å². The lowest BCUT2D eigenvalue weighted by Crippen LogP contribution is -2.47. The van der Waals surface area contributed by atoms with Gasteiger partial charge in [-0.2, -0.15) is 4.90 Å². The molecule has 1 aromatic heterocycles. The van der Waals surface area contributed by atoms with Gasteiger partial charge in [0.25, 0.3) is 5.69 Å². The fourth-order valence-corrected chi connectivity index (χ4v) is 5.04. The fraction of sp³-hybridized carbons (Fsp3) is 0.424. The minimum atomic E-state index is -1.16. The minimum Gasteiger partial charge on any atom is -0.495 e. The molecule has 0 saturated heterocycles. The van der Waals surface area contributed by atoms with Gasteiger partial charge in [-0.25, -0.2) is 29.3 Å². The van der Waals surface area contributed by atoms with E-state index in [4.69, 9.17) is 46.9 Å². The van der Waals surface area contributed by atoms with Crippen molar-refractivity contribution in [2.24, 2.45) is 0 Å². The number of nitrogens with zero attached hydrogens (tertiary/aromatic N) is 6. The number of carbonyl (C=O) groups excluding carboxylic acids is 3. The van der Waals surface area contributed by atoms with Crippen LogP contribution in [-0.2, 0) is 20.8 Å². The van der Waals surface area contributed by atoms with Crippen molar-refractivity contribution >= 4 is 70.1 Å². The topological polar surface area (TPSA) is 176 Å². The van der Waals surface area contributed by atoms with Crippen molar-refractivity contribution in [1.82, 2.24) is 9.97 Å². The zero-order chi connectivity index (χ0) is 38.4. The quantitative estimate of drug-likeness (QED) is 0.143. The van der Waals surface area contributed by atoms with E-state index in [-0.39, 0.29) is 51.2 Å². The number of rotatable bonds is 10. The van der Waals surface area contributed by atoms with Crippen molar-refractivity contribution in [3.63, 3.8) is 0 Å². The molecular weight excluding hydrogens is 711 g/mol. The molecule has 0 N–H and O–H groups in total. The number of benzene rings is 2. The van der Waals surface area contributed by atoms with E-state index >= 15 is 0 Å². The molecule has 3 rings (SSSR count). The summed E-state index contributed by atoms with van der Waals surface area (Å²) in [5.41, 5.74) is -2.56. The first kappa shape index (κ1) is 40.5. The highest BCUT2D eigenvalue weighted by molar-refractivity contribution is 6.43. The molecule has 18 heteroatoms. The van der Waals surface area contributed by atoms with Crippen LogP contribution in [0.5, 0.6) is 11.5 Å². The molecule has 276 valence electrons. The monoisotopic (exact) mass is 750 g/mol. The Kier molecular flexibility index (Phi) is 13.0. The van der Waals surface area contributed by atoms with Gasteiger partial charge in [0.1, 0.15) is 62.1 Å². The number of nitro groups is 1. The molecule has 0 atom stereocenters. The number of imide groups is 1. The second kappa shape index (κ2) is 16.4. The van der Waals surface area contributed by atoms with Crippen LogP contribution in [0.4, 0.5) is 43.1 Å². The smallest absolute Gasteiger partial charge is 0.423 e. The number of methoxy groups -OCH3 is 2. The molecule has 3 aromatic rings. The van der Waals surface area contributed by atoms with Gasteiger partial charge >= 0.3 is 18.2 Å². The summed E-state index contributed by atoms with van der Waals surface area (Å²) in [7, 11) is 3.91. The first-order valence-corrected chi connectivity index (χ1v) is 16.1. The normalized spacial score (nSPS) is 11.4. The molecule has 0 aliphatic carbocycles. The number of aromatic nitrogens is 2. The van der Waals surface area contributed by atoms with Gasteiger partial charge in [0, 0.05) is 31.9 Å². The van der Waals surface area contributed by atoms with Crippen LogP contribution in [-0.4, -0.2) is 72.2 Å². The lowest BCUT2D eigenvalue weighted by atomic mass is 10.1. The Hall–Kier alpha value is -4.93. The molecule has 0 radical (unpaired) electrons. The molecule has 0 aliphatic heterocycles. The zero-order valence-corrected chi connectivity index (χ0v) is 31.4. The Bertz CT molecular complexity index is 1770. The summed E-state index contributed by atoms with van der Waals surface area (Å²) in [4.78, 5) is 64.1. The molecule has 0 aliphatic rings. The summed E-state index contributed by atoms with van der Waals surface area (Å²) < 4.78 is 27.2. The SMILES string of the molecule is CCOCc1ccc(N(C(=O)OC(C)(C)C)c2cc(N(C)C(=O)N(C(=O)OC(C)(C)C)c3c(Cl)c(OC)cc(OC)c3Cl)ncn2)c([N+](=O)[O-])c1. The highest BCUT2D eigenvalue weighted by Gasteiger charge is 2.38. The van der Waals surface area contributed by atoms with Gasteiger partial charge in [0.05, 0.1) is 25.7 Å². The Morgan fingerprint density at radius 1 is 0.863 bits per heavy atom. The Labute approximate surface area is 305 Å². The molecule has 1 heterocycles. The average molecular weight is 752 g/mol. The maximum absolute atomic E-state index is 14.3. The second-order valence-electron chi connectivity index (χ2n) is 12.7. The van der Waals surface area contributed by atoms with E-state index in [1.807, 2.05) is 0 Å². The van der Waals surface area contributed by atoms with Crippen LogP contribution in [0.25, 0.3) is 0 Å². The predicted octanol–water partition coefficient (Wildman–Crippen LogP) is 8.32. The van der Waals surface area contributed by atoms with E-state index in [1.54, 1.807) is 54.5 Å². The number of anilines is 4. The molecule has 2 aromatic carbocycles. The maximum atomic E-state index is 14.3. The van der Waals surface area contributed by atoms with E-state index in [2.05, 4.69) is 9.97 Å². The minimum absolute atomic E-state index is 0.0307. The van der Waals surface area contributed by atoms with Crippen LogP contribution in [0.3, 0.4) is 0 Å². The molecule has 16 nitrogen and oxygen atoms in total. The highest BCUT2D eigenvalue weighted by Crippen LogP contribution is 2.47. The largest absolute Gasteiger partial charge is 0.495 e. The lowest BCUT2D eigenvalue weighted by Gasteiger charge is -2.31. The van der Waals surface area contributed by atoms with Gasteiger partial charge < -0.3 is 23.7 Å². The average Bonchev–Trinajstić information content (AvgIpc) is 3.04. The third-order valence-electron chi connectivity index (χ3n) is 6.57. The van der Waals surface area contributed by atoms with Crippen LogP contribution in [0.1, 0.15) is 54.0 Å². The number of urea groups is 1. The summed E-state index contributed by atoms with van der Waals surface area (Å²) >= 11 is 13.2. The van der Waals surface area contributed by atoms with Crippen molar-refractivity contribution in [2.45, 2.75) is 66.3 Å². The van der Waals surface area contributed by atoms with Crippen molar-refractivity contribution in [2.75, 3.05) is 42.6 Å². The first-order chi connectivity index (χ1) is 23.7. The van der Waals surface area contributed by atoms with Crippen molar-refractivity contribution in [3.8, 4) is 11.5 Å². The number of carbonyl (C=O) groups is 3. The molecule has 0 unspecified atom stereocenters. The first-order valence-electron chi connectivity index (χ1n) is 15.4. The standard InChI is InChI=1S/C33H40Cl2N6O10/c1-11-49-17-19-12-13-20(21(14-19)41(45)46)39(30(43)50-32(2,3)4)25-16-24(36-18-37-25)38(8)29(42)40(31(44)51-33(5,6)7)28-26(34)22(47-9)15-23(48-10)27(28)35/h12-16,18H,11,17H2,1-10H3. The van der Waals surface area contributed by atoms with Gasteiger partial charge in [-0.3, -0.25) is 15.0 Å². The number of ether oxygens (including phenoxy) is 5. The molecule has 0 fully saturated rings. The summed E-state index contributed by atoms with van der Waals surface area (Å²) in [5, 5.41) is 11.9. The number of hydrogen-bond acceptors (Lipinski definition) is 12. The Morgan fingerprint density at radius 2 is 1.41 bits per heavy atom. The van der Waals surface area contributed by atoms with Gasteiger partial charge in [0.15, 0.2) is 0 Å². The van der Waals surface area contributed by atoms with E-state index in [0.717, 1.165) is 16.1 Å². The van der Waals surface area contributed by atoms with Crippen LogP contribution in [0, 0.1) is 10.1 Å². The fourth-order valence-electron chi connectivity index (χ4n) is 4.37. The number of nitro benzene ring substituents is 1. The van der Waals surface area contributed by atoms with E-state index in [1.165, 1.54) is 45.5 Å². The van der Waals surface area contributed by atoms with Gasteiger partial charge in [0.2, 0.25) is 0 Å². The summed E-state index contributed by atoms with van der Waals surface area (Å²) in [6, 6.07) is 5.69. The van der Waals surface area contributed by atoms with E-state index in [0.29, 0.717) is 17.1 Å². The van der Waals surface area contributed by atoms with Crippen LogP contribution in [0.2, 0.25) is 10.0 Å². The zero-order valence-electron chi connectivity index (χ0n) is 29.9. The Morgan fingerprint density at radius 3 is 1.92 bits per heavy atom. The maximum Gasteiger partial charge on any atom is 0.423 e. The van der Waals surface area contributed by atoms with Gasteiger partial charge in [-0.1, -0.05) is 29.3 Å². The van der Waals surface area contributed by atoms with Crippen molar-refractivity contribution in [3.05, 3.63) is 62.4 Å². The summed E-state index contributed by atoms with van der Waals surface area (Å²) in [5.74, 6) is -0.312. The van der Waals surface area contributed by atoms with Crippen LogP contribution in [0.15, 0.2) is 36.7 Å². The van der Waals surface area contributed by atoms with Crippen LogP contribution >= 0.6 is 23.2 Å². The third-order valence-corrected chi connectivity index (χ3v) is 7.30. The molecular formula is C33H40Cl2N6O10. The van der Waals surface area contributed by atoms with Gasteiger partial charge in [-0.05, 0) is 60.1 Å².